The second-order valence-electron chi connectivity index (χ2n) is 5.97. The van der Waals surface area contributed by atoms with Crippen LogP contribution in [0.5, 0.6) is 0 Å². The molecule has 0 spiro atoms. The second-order valence-corrected chi connectivity index (χ2v) is 6.79. The van der Waals surface area contributed by atoms with Crippen molar-refractivity contribution < 1.29 is 4.79 Å². The van der Waals surface area contributed by atoms with E-state index in [4.69, 9.17) is 23.2 Å². The smallest absolute Gasteiger partial charge is 0.241 e. The van der Waals surface area contributed by atoms with Gasteiger partial charge in [0, 0.05) is 32.4 Å². The highest BCUT2D eigenvalue weighted by Crippen LogP contribution is 2.30. The normalized spacial score (nSPS) is 16.5. The van der Waals surface area contributed by atoms with E-state index in [-0.39, 0.29) is 11.9 Å². The summed E-state index contributed by atoms with van der Waals surface area (Å²) in [5.74, 6) is 0.864. The number of anilines is 2. The van der Waals surface area contributed by atoms with Crippen molar-refractivity contribution in [1.82, 2.24) is 9.88 Å². The topological polar surface area (TPSA) is 48.5 Å². The average molecular weight is 379 g/mol. The molecule has 1 amide bonds. The van der Waals surface area contributed by atoms with E-state index in [1.165, 1.54) is 0 Å². The first-order valence-electron chi connectivity index (χ1n) is 8.21. The van der Waals surface area contributed by atoms with E-state index in [2.05, 4.69) is 20.1 Å². The highest BCUT2D eigenvalue weighted by Gasteiger charge is 2.26. The molecule has 1 fully saturated rings. The second kappa shape index (κ2) is 8.04. The number of carbonyl (C=O) groups is 1. The van der Waals surface area contributed by atoms with Crippen LogP contribution in [-0.4, -0.2) is 48.0 Å². The van der Waals surface area contributed by atoms with Gasteiger partial charge in [-0.1, -0.05) is 35.3 Å². The molecular weight excluding hydrogens is 359 g/mol. The Bertz CT molecular complexity index is 713. The van der Waals surface area contributed by atoms with Crippen LogP contribution in [-0.2, 0) is 4.79 Å². The highest BCUT2D eigenvalue weighted by atomic mass is 35.5. The average Bonchev–Trinajstić information content (AvgIpc) is 2.65. The monoisotopic (exact) mass is 378 g/mol. The number of para-hydroxylation sites is 1. The van der Waals surface area contributed by atoms with Crippen LogP contribution in [0.2, 0.25) is 10.0 Å². The number of nitrogens with one attached hydrogen (secondary N) is 1. The van der Waals surface area contributed by atoms with E-state index in [0.29, 0.717) is 15.7 Å². The number of benzene rings is 1. The van der Waals surface area contributed by atoms with Gasteiger partial charge in [-0.15, -0.1) is 0 Å². The summed E-state index contributed by atoms with van der Waals surface area (Å²) >= 11 is 12.2. The molecule has 1 aliphatic rings. The van der Waals surface area contributed by atoms with Crippen molar-refractivity contribution in [1.29, 1.82) is 0 Å². The highest BCUT2D eigenvalue weighted by molar-refractivity contribution is 6.39. The fourth-order valence-electron chi connectivity index (χ4n) is 2.89. The molecule has 2 heterocycles. The van der Waals surface area contributed by atoms with Crippen LogP contribution in [0.25, 0.3) is 0 Å². The van der Waals surface area contributed by atoms with Gasteiger partial charge in [-0.3, -0.25) is 9.69 Å². The van der Waals surface area contributed by atoms with Gasteiger partial charge in [0.25, 0.3) is 0 Å². The summed E-state index contributed by atoms with van der Waals surface area (Å²) in [4.78, 5) is 21.3. The fourth-order valence-corrected chi connectivity index (χ4v) is 3.38. The Labute approximate surface area is 157 Å². The van der Waals surface area contributed by atoms with Crippen LogP contribution >= 0.6 is 23.2 Å². The summed E-state index contributed by atoms with van der Waals surface area (Å²) < 4.78 is 0. The van der Waals surface area contributed by atoms with Crippen LogP contribution in [0.4, 0.5) is 11.5 Å². The van der Waals surface area contributed by atoms with Gasteiger partial charge in [0.1, 0.15) is 5.82 Å². The first-order chi connectivity index (χ1) is 12.1. The first-order valence-corrected chi connectivity index (χ1v) is 8.97. The number of hydrogen-bond donors (Lipinski definition) is 1. The third kappa shape index (κ3) is 4.24. The molecule has 0 unspecified atom stereocenters. The molecule has 3 rings (SSSR count). The molecule has 25 heavy (non-hydrogen) atoms. The number of aromatic nitrogens is 1. The van der Waals surface area contributed by atoms with Crippen molar-refractivity contribution in [2.45, 2.75) is 13.0 Å². The van der Waals surface area contributed by atoms with E-state index in [0.717, 1.165) is 32.0 Å². The molecule has 0 bridgehead atoms. The van der Waals surface area contributed by atoms with Crippen molar-refractivity contribution >= 4 is 40.6 Å². The van der Waals surface area contributed by atoms with Crippen molar-refractivity contribution in [3.8, 4) is 0 Å². The van der Waals surface area contributed by atoms with Gasteiger partial charge in [0.05, 0.1) is 21.8 Å². The molecule has 1 atom stereocenters. The third-order valence-electron chi connectivity index (χ3n) is 4.43. The van der Waals surface area contributed by atoms with Gasteiger partial charge in [-0.05, 0) is 31.2 Å². The number of piperazine rings is 1. The fraction of sp³-hybridized carbons (Fsp3) is 0.333. The summed E-state index contributed by atoms with van der Waals surface area (Å²) in [7, 11) is 0. The molecule has 0 radical (unpaired) electrons. The number of rotatable bonds is 4. The number of pyridine rings is 1. The molecular formula is C18H20Cl2N4O. The Balaban J connectivity index is 1.59. The van der Waals surface area contributed by atoms with Crippen molar-refractivity contribution in [3.63, 3.8) is 0 Å². The zero-order valence-electron chi connectivity index (χ0n) is 14.0. The summed E-state index contributed by atoms with van der Waals surface area (Å²) in [5.41, 5.74) is 0.467. The molecule has 132 valence electrons. The molecule has 1 N–H and O–H groups in total. The Kier molecular flexibility index (Phi) is 5.78. The van der Waals surface area contributed by atoms with Gasteiger partial charge >= 0.3 is 0 Å². The molecule has 1 aliphatic heterocycles. The van der Waals surface area contributed by atoms with Crippen LogP contribution in [0.3, 0.4) is 0 Å². The predicted molar refractivity (Wildman–Crippen MR) is 103 cm³/mol. The molecule has 7 heteroatoms. The lowest BCUT2D eigenvalue weighted by Crippen LogP contribution is -2.53. The van der Waals surface area contributed by atoms with Crippen molar-refractivity contribution in [2.24, 2.45) is 0 Å². The standard InChI is InChI=1S/C18H20Cl2N4O/c1-13(18(25)22-17-14(19)5-4-6-15(17)20)23-9-11-24(12-10-23)16-7-2-3-8-21-16/h2-8,13H,9-12H2,1H3,(H,22,25)/t13-/m1/s1. The Morgan fingerprint density at radius 3 is 2.36 bits per heavy atom. The van der Waals surface area contributed by atoms with E-state index in [1.807, 2.05) is 25.1 Å². The molecule has 5 nitrogen and oxygen atoms in total. The minimum Gasteiger partial charge on any atom is -0.354 e. The SMILES string of the molecule is C[C@H](C(=O)Nc1c(Cl)cccc1Cl)N1CCN(c2ccccn2)CC1. The van der Waals surface area contributed by atoms with Crippen molar-refractivity contribution in [2.75, 3.05) is 36.4 Å². The lowest BCUT2D eigenvalue weighted by molar-refractivity contribution is -0.120. The Hall–Kier alpha value is -1.82. The summed E-state index contributed by atoms with van der Waals surface area (Å²) in [6.07, 6.45) is 1.80. The van der Waals surface area contributed by atoms with Crippen LogP contribution in [0, 0.1) is 0 Å². The molecule has 2 aromatic rings. The van der Waals surface area contributed by atoms with Crippen LogP contribution < -0.4 is 10.2 Å². The largest absolute Gasteiger partial charge is 0.354 e. The van der Waals surface area contributed by atoms with E-state index >= 15 is 0 Å². The Morgan fingerprint density at radius 2 is 1.76 bits per heavy atom. The molecule has 1 saturated heterocycles. The number of carbonyl (C=O) groups excluding carboxylic acids is 1. The summed E-state index contributed by atoms with van der Waals surface area (Å²) in [6, 6.07) is 10.8. The van der Waals surface area contributed by atoms with Gasteiger partial charge in [-0.2, -0.15) is 0 Å². The third-order valence-corrected chi connectivity index (χ3v) is 5.06. The number of nitrogens with zero attached hydrogens (tertiary/aromatic N) is 3. The quantitative estimate of drug-likeness (QED) is 0.883. The maximum Gasteiger partial charge on any atom is 0.241 e. The maximum absolute atomic E-state index is 12.6. The van der Waals surface area contributed by atoms with E-state index < -0.39 is 0 Å². The zero-order valence-corrected chi connectivity index (χ0v) is 15.5. The minimum absolute atomic E-state index is 0.110. The number of amides is 1. The first kappa shape index (κ1) is 18.0. The number of halogens is 2. The zero-order chi connectivity index (χ0) is 17.8. The maximum atomic E-state index is 12.6. The predicted octanol–water partition coefficient (Wildman–Crippen LogP) is 3.54. The molecule has 0 aliphatic carbocycles. The molecule has 0 saturated carbocycles. The molecule has 1 aromatic heterocycles. The summed E-state index contributed by atoms with van der Waals surface area (Å²) in [6.45, 7) is 5.16. The van der Waals surface area contributed by atoms with E-state index in [1.54, 1.807) is 24.4 Å². The van der Waals surface area contributed by atoms with E-state index in [9.17, 15) is 4.79 Å². The van der Waals surface area contributed by atoms with Gasteiger partial charge < -0.3 is 10.2 Å². The van der Waals surface area contributed by atoms with Gasteiger partial charge in [-0.25, -0.2) is 4.98 Å². The lowest BCUT2D eigenvalue weighted by Gasteiger charge is -2.38. The van der Waals surface area contributed by atoms with Crippen LogP contribution in [0.15, 0.2) is 42.6 Å². The van der Waals surface area contributed by atoms with Crippen molar-refractivity contribution in [3.05, 3.63) is 52.6 Å². The lowest BCUT2D eigenvalue weighted by atomic mass is 10.2. The number of hydrogen-bond acceptors (Lipinski definition) is 4. The Morgan fingerprint density at radius 1 is 1.08 bits per heavy atom. The minimum atomic E-state index is -0.266. The summed E-state index contributed by atoms with van der Waals surface area (Å²) in [5, 5.41) is 3.72. The van der Waals surface area contributed by atoms with Crippen LogP contribution in [0.1, 0.15) is 6.92 Å². The molecule has 1 aromatic carbocycles. The van der Waals surface area contributed by atoms with Gasteiger partial charge in [0.2, 0.25) is 5.91 Å². The van der Waals surface area contributed by atoms with Gasteiger partial charge in [0.15, 0.2) is 0 Å².